The number of ether oxygens (including phenoxy) is 1. The highest BCUT2D eigenvalue weighted by Gasteiger charge is 2.06. The molecule has 1 heterocycles. The normalized spacial score (nSPS) is 10.4. The molecule has 0 fully saturated rings. The van der Waals surface area contributed by atoms with E-state index < -0.39 is 0 Å². The van der Waals surface area contributed by atoms with E-state index in [1.807, 2.05) is 24.5 Å². The zero-order valence-electron chi connectivity index (χ0n) is 11.4. The van der Waals surface area contributed by atoms with Gasteiger partial charge >= 0.3 is 0 Å². The van der Waals surface area contributed by atoms with Crippen LogP contribution < -0.4 is 10.1 Å². The molecule has 2 aromatic rings. The fourth-order valence-electron chi connectivity index (χ4n) is 1.94. The van der Waals surface area contributed by atoms with Crippen molar-refractivity contribution >= 4 is 0 Å². The van der Waals surface area contributed by atoms with Crippen molar-refractivity contribution in [2.45, 2.75) is 19.9 Å². The number of nitrogens with one attached hydrogen (secondary N) is 1. The molecule has 1 N–H and O–H groups in total. The lowest BCUT2D eigenvalue weighted by atomic mass is 10.0. The van der Waals surface area contributed by atoms with Crippen molar-refractivity contribution in [2.24, 2.45) is 0 Å². The largest absolute Gasteiger partial charge is 0.496 e. The van der Waals surface area contributed by atoms with Crippen LogP contribution in [-0.2, 0) is 6.54 Å². The average molecular weight is 257 g/mol. The molecule has 2 rings (SSSR count). The quantitative estimate of drug-likeness (QED) is 0.808. The van der Waals surface area contributed by atoms with Gasteiger partial charge in [-0.3, -0.25) is 0 Å². The maximum absolute atomic E-state index is 5.40. The molecule has 1 aromatic carbocycles. The van der Waals surface area contributed by atoms with E-state index in [0.29, 0.717) is 0 Å². The molecule has 0 aliphatic carbocycles. The maximum Gasteiger partial charge on any atom is 0.123 e. The Morgan fingerprint density at radius 2 is 1.95 bits per heavy atom. The van der Waals surface area contributed by atoms with Gasteiger partial charge in [-0.25, -0.2) is 9.97 Å². The van der Waals surface area contributed by atoms with E-state index in [2.05, 4.69) is 28.3 Å². The third kappa shape index (κ3) is 3.51. The number of hydrogen-bond donors (Lipinski definition) is 1. The van der Waals surface area contributed by atoms with Crippen molar-refractivity contribution in [1.29, 1.82) is 0 Å². The van der Waals surface area contributed by atoms with E-state index >= 15 is 0 Å². The molecule has 0 unspecified atom stereocenters. The molecule has 0 atom stereocenters. The van der Waals surface area contributed by atoms with Gasteiger partial charge in [0.2, 0.25) is 0 Å². The first kappa shape index (κ1) is 13.5. The van der Waals surface area contributed by atoms with Crippen LogP contribution in [0.5, 0.6) is 5.75 Å². The van der Waals surface area contributed by atoms with Crippen LogP contribution in [0, 0.1) is 0 Å². The third-order valence-electron chi connectivity index (χ3n) is 2.92. The molecule has 0 spiro atoms. The predicted molar refractivity (Wildman–Crippen MR) is 76.0 cm³/mol. The summed E-state index contributed by atoms with van der Waals surface area (Å²) in [5.74, 6) is 0.907. The molecule has 100 valence electrons. The van der Waals surface area contributed by atoms with Gasteiger partial charge in [0, 0.05) is 30.1 Å². The monoisotopic (exact) mass is 257 g/mol. The summed E-state index contributed by atoms with van der Waals surface area (Å²) in [6.45, 7) is 3.96. The molecule has 4 nitrogen and oxygen atoms in total. The highest BCUT2D eigenvalue weighted by molar-refractivity contribution is 5.64. The Morgan fingerprint density at radius 1 is 1.16 bits per heavy atom. The number of hydrogen-bond acceptors (Lipinski definition) is 4. The van der Waals surface area contributed by atoms with Crippen LogP contribution in [0.25, 0.3) is 11.1 Å². The van der Waals surface area contributed by atoms with Gasteiger partial charge in [0.25, 0.3) is 0 Å². The topological polar surface area (TPSA) is 47.0 Å². The predicted octanol–water partition coefficient (Wildman–Crippen LogP) is 2.65. The summed E-state index contributed by atoms with van der Waals surface area (Å²) in [5.41, 5.74) is 3.27. The summed E-state index contributed by atoms with van der Waals surface area (Å²) >= 11 is 0. The summed E-state index contributed by atoms with van der Waals surface area (Å²) in [6, 6.07) is 6.15. The molecular formula is C15H19N3O. The van der Waals surface area contributed by atoms with Crippen LogP contribution in [0.3, 0.4) is 0 Å². The van der Waals surface area contributed by atoms with E-state index in [-0.39, 0.29) is 0 Å². The van der Waals surface area contributed by atoms with E-state index in [1.165, 1.54) is 6.33 Å². The molecule has 1 aromatic heterocycles. The molecule has 0 saturated carbocycles. The number of benzene rings is 1. The Balaban J connectivity index is 2.25. The lowest BCUT2D eigenvalue weighted by Crippen LogP contribution is -2.14. The van der Waals surface area contributed by atoms with Gasteiger partial charge < -0.3 is 10.1 Å². The van der Waals surface area contributed by atoms with Gasteiger partial charge in [-0.1, -0.05) is 13.0 Å². The average Bonchev–Trinajstić information content (AvgIpc) is 2.48. The lowest BCUT2D eigenvalue weighted by Gasteiger charge is -2.11. The summed E-state index contributed by atoms with van der Waals surface area (Å²) < 4.78 is 5.40. The maximum atomic E-state index is 5.40. The second kappa shape index (κ2) is 6.85. The van der Waals surface area contributed by atoms with Gasteiger partial charge in [0.1, 0.15) is 12.1 Å². The Morgan fingerprint density at radius 3 is 2.63 bits per heavy atom. The zero-order valence-corrected chi connectivity index (χ0v) is 11.4. The fraction of sp³-hybridized carbons (Fsp3) is 0.333. The molecule has 0 radical (unpaired) electrons. The van der Waals surface area contributed by atoms with Crippen LogP contribution in [0.1, 0.15) is 18.9 Å². The first-order chi connectivity index (χ1) is 9.35. The zero-order chi connectivity index (χ0) is 13.5. The van der Waals surface area contributed by atoms with Crippen LogP contribution in [-0.4, -0.2) is 23.6 Å². The van der Waals surface area contributed by atoms with Crippen LogP contribution in [0.2, 0.25) is 0 Å². The number of nitrogens with zero attached hydrogens (tertiary/aromatic N) is 2. The van der Waals surface area contributed by atoms with Crippen LogP contribution in [0.4, 0.5) is 0 Å². The highest BCUT2D eigenvalue weighted by Crippen LogP contribution is 2.25. The number of aromatic nitrogens is 2. The third-order valence-corrected chi connectivity index (χ3v) is 2.92. The molecule has 0 aliphatic heterocycles. The van der Waals surface area contributed by atoms with E-state index in [1.54, 1.807) is 7.11 Å². The van der Waals surface area contributed by atoms with Crippen molar-refractivity contribution in [1.82, 2.24) is 15.3 Å². The Labute approximate surface area is 113 Å². The first-order valence-electron chi connectivity index (χ1n) is 6.48. The number of methoxy groups -OCH3 is 1. The second-order valence-electron chi connectivity index (χ2n) is 4.33. The molecule has 0 amide bonds. The van der Waals surface area contributed by atoms with Crippen molar-refractivity contribution in [3.05, 3.63) is 42.5 Å². The van der Waals surface area contributed by atoms with Gasteiger partial charge in [-0.2, -0.15) is 0 Å². The Kier molecular flexibility index (Phi) is 4.86. The van der Waals surface area contributed by atoms with Gasteiger partial charge in [-0.15, -0.1) is 0 Å². The second-order valence-corrected chi connectivity index (χ2v) is 4.33. The summed E-state index contributed by atoms with van der Waals surface area (Å²) in [6.07, 6.45) is 6.29. The van der Waals surface area contributed by atoms with E-state index in [4.69, 9.17) is 4.74 Å². The van der Waals surface area contributed by atoms with Crippen LogP contribution in [0.15, 0.2) is 36.9 Å². The van der Waals surface area contributed by atoms with Crippen molar-refractivity contribution in [2.75, 3.05) is 13.7 Å². The SMILES string of the molecule is CCCNCc1cc(-c2cncnc2)ccc1OC. The molecule has 4 heteroatoms. The van der Waals surface area contributed by atoms with Gasteiger partial charge in [-0.05, 0) is 30.7 Å². The molecular weight excluding hydrogens is 238 g/mol. The smallest absolute Gasteiger partial charge is 0.123 e. The molecule has 0 aliphatic rings. The minimum atomic E-state index is 0.804. The first-order valence-corrected chi connectivity index (χ1v) is 6.48. The van der Waals surface area contributed by atoms with Crippen molar-refractivity contribution < 1.29 is 4.74 Å². The standard InChI is InChI=1S/C15H19N3O/c1-3-6-16-8-13-7-12(4-5-15(13)19-2)14-9-17-11-18-10-14/h4-5,7,9-11,16H,3,6,8H2,1-2H3. The highest BCUT2D eigenvalue weighted by atomic mass is 16.5. The van der Waals surface area contributed by atoms with E-state index in [0.717, 1.165) is 42.0 Å². The van der Waals surface area contributed by atoms with Crippen molar-refractivity contribution in [3.63, 3.8) is 0 Å². The number of rotatable bonds is 6. The van der Waals surface area contributed by atoms with E-state index in [9.17, 15) is 0 Å². The summed E-state index contributed by atoms with van der Waals surface area (Å²) in [5, 5.41) is 3.39. The van der Waals surface area contributed by atoms with Gasteiger partial charge in [0.05, 0.1) is 7.11 Å². The Bertz CT molecular complexity index is 514. The summed E-state index contributed by atoms with van der Waals surface area (Å²) in [4.78, 5) is 8.10. The fourth-order valence-corrected chi connectivity index (χ4v) is 1.94. The van der Waals surface area contributed by atoms with Crippen LogP contribution >= 0.6 is 0 Å². The Hall–Kier alpha value is -1.94. The molecule has 0 saturated heterocycles. The lowest BCUT2D eigenvalue weighted by molar-refractivity contribution is 0.408. The van der Waals surface area contributed by atoms with Crippen molar-refractivity contribution in [3.8, 4) is 16.9 Å². The minimum Gasteiger partial charge on any atom is -0.496 e. The molecule has 0 bridgehead atoms. The molecule has 19 heavy (non-hydrogen) atoms. The summed E-state index contributed by atoms with van der Waals surface area (Å²) in [7, 11) is 1.70. The van der Waals surface area contributed by atoms with Gasteiger partial charge in [0.15, 0.2) is 0 Å². The minimum absolute atomic E-state index is 0.804.